The highest BCUT2D eigenvalue weighted by Gasteiger charge is 2.19. The highest BCUT2D eigenvalue weighted by atomic mass is 32.1. The van der Waals surface area contributed by atoms with Gasteiger partial charge in [0, 0.05) is 16.1 Å². The molecule has 100 valence electrons. The predicted molar refractivity (Wildman–Crippen MR) is 79.5 cm³/mol. The molecule has 2 heterocycles. The summed E-state index contributed by atoms with van der Waals surface area (Å²) in [5.74, 6) is 1.18. The van der Waals surface area contributed by atoms with Crippen LogP contribution < -0.4 is 5.73 Å². The fourth-order valence-corrected chi connectivity index (χ4v) is 3.73. The summed E-state index contributed by atoms with van der Waals surface area (Å²) in [5, 5.41) is 4.05. The van der Waals surface area contributed by atoms with Gasteiger partial charge in [0.05, 0.1) is 4.88 Å². The summed E-state index contributed by atoms with van der Waals surface area (Å²) in [6.07, 6.45) is 3.61. The van der Waals surface area contributed by atoms with Gasteiger partial charge in [-0.3, -0.25) is 0 Å². The Balaban J connectivity index is 1.70. The smallest absolute Gasteiger partial charge is 0.268 e. The molecule has 1 aliphatic rings. The van der Waals surface area contributed by atoms with E-state index in [0.717, 1.165) is 10.4 Å². The van der Waals surface area contributed by atoms with E-state index in [-0.39, 0.29) is 0 Å². The third kappa shape index (κ3) is 1.91. The van der Waals surface area contributed by atoms with Crippen molar-refractivity contribution >= 4 is 17.0 Å². The number of anilines is 1. The second-order valence-corrected chi connectivity index (χ2v) is 6.10. The molecule has 5 heteroatoms. The van der Waals surface area contributed by atoms with Crippen molar-refractivity contribution in [2.24, 2.45) is 0 Å². The van der Waals surface area contributed by atoms with E-state index in [2.05, 4.69) is 16.2 Å². The van der Waals surface area contributed by atoms with E-state index in [1.807, 2.05) is 24.3 Å². The summed E-state index contributed by atoms with van der Waals surface area (Å²) < 4.78 is 5.39. The number of nitrogens with two attached hydrogens (primary N) is 1. The number of nitrogen functional groups attached to an aromatic ring is 1. The number of aryl methyl sites for hydroxylation is 2. The fourth-order valence-electron chi connectivity index (χ4n) is 2.55. The van der Waals surface area contributed by atoms with Gasteiger partial charge in [-0.1, -0.05) is 17.3 Å². The maximum absolute atomic E-state index is 5.78. The molecule has 0 fully saturated rings. The third-order valence-electron chi connectivity index (χ3n) is 3.53. The number of thiophene rings is 1. The Kier molecular flexibility index (Phi) is 2.60. The SMILES string of the molecule is Nc1cccc(-c2noc(-c3cc4c(s3)CCC4)n2)c1. The van der Waals surface area contributed by atoms with Crippen LogP contribution in [0, 0.1) is 0 Å². The second-order valence-electron chi connectivity index (χ2n) is 4.96. The van der Waals surface area contributed by atoms with Crippen molar-refractivity contribution in [1.82, 2.24) is 10.1 Å². The van der Waals surface area contributed by atoms with Crippen LogP contribution in [0.4, 0.5) is 5.69 Å². The predicted octanol–water partition coefficient (Wildman–Crippen LogP) is 3.54. The lowest BCUT2D eigenvalue weighted by atomic mass is 10.2. The quantitative estimate of drug-likeness (QED) is 0.731. The van der Waals surface area contributed by atoms with Crippen molar-refractivity contribution in [1.29, 1.82) is 0 Å². The largest absolute Gasteiger partial charge is 0.399 e. The number of hydrogen-bond donors (Lipinski definition) is 1. The Morgan fingerprint density at radius 3 is 3.00 bits per heavy atom. The molecule has 0 bridgehead atoms. The van der Waals surface area contributed by atoms with Gasteiger partial charge in [-0.05, 0) is 43.0 Å². The zero-order valence-corrected chi connectivity index (χ0v) is 11.6. The van der Waals surface area contributed by atoms with Gasteiger partial charge in [0.25, 0.3) is 5.89 Å². The van der Waals surface area contributed by atoms with Gasteiger partial charge in [0.15, 0.2) is 0 Å². The van der Waals surface area contributed by atoms with Crippen molar-refractivity contribution in [3.05, 3.63) is 40.8 Å². The third-order valence-corrected chi connectivity index (χ3v) is 4.75. The van der Waals surface area contributed by atoms with E-state index in [9.17, 15) is 0 Å². The summed E-state index contributed by atoms with van der Waals surface area (Å²) in [7, 11) is 0. The van der Waals surface area contributed by atoms with Crippen LogP contribution in [-0.4, -0.2) is 10.1 Å². The zero-order valence-electron chi connectivity index (χ0n) is 10.8. The number of rotatable bonds is 2. The maximum Gasteiger partial charge on any atom is 0.268 e. The molecule has 4 rings (SSSR count). The zero-order chi connectivity index (χ0) is 13.5. The molecule has 0 aliphatic heterocycles. The number of benzene rings is 1. The molecule has 1 aliphatic carbocycles. The second kappa shape index (κ2) is 4.45. The minimum Gasteiger partial charge on any atom is -0.399 e. The van der Waals surface area contributed by atoms with Crippen LogP contribution in [0.5, 0.6) is 0 Å². The normalized spacial score (nSPS) is 13.6. The Bertz CT molecular complexity index is 754. The lowest BCUT2D eigenvalue weighted by Crippen LogP contribution is -1.86. The molecule has 0 unspecified atom stereocenters. The van der Waals surface area contributed by atoms with Crippen molar-refractivity contribution in [2.45, 2.75) is 19.3 Å². The average Bonchev–Trinajstić information content (AvgIpc) is 3.13. The first kappa shape index (κ1) is 11.7. The first-order valence-electron chi connectivity index (χ1n) is 6.61. The van der Waals surface area contributed by atoms with Crippen molar-refractivity contribution in [3.63, 3.8) is 0 Å². The van der Waals surface area contributed by atoms with E-state index in [0.29, 0.717) is 17.4 Å². The highest BCUT2D eigenvalue weighted by Crippen LogP contribution is 2.36. The Labute approximate surface area is 120 Å². The molecule has 4 nitrogen and oxygen atoms in total. The first-order valence-corrected chi connectivity index (χ1v) is 7.43. The monoisotopic (exact) mass is 283 g/mol. The lowest BCUT2D eigenvalue weighted by molar-refractivity contribution is 0.433. The van der Waals surface area contributed by atoms with Gasteiger partial charge in [-0.2, -0.15) is 4.98 Å². The summed E-state index contributed by atoms with van der Waals surface area (Å²) >= 11 is 1.77. The van der Waals surface area contributed by atoms with Crippen LogP contribution >= 0.6 is 11.3 Å². The molecule has 0 saturated carbocycles. The number of fused-ring (bicyclic) bond motifs is 1. The minimum atomic E-state index is 0.584. The molecule has 0 saturated heterocycles. The molecule has 0 amide bonds. The molecule has 0 atom stereocenters. The topological polar surface area (TPSA) is 64.9 Å². The van der Waals surface area contributed by atoms with Crippen LogP contribution in [0.3, 0.4) is 0 Å². The highest BCUT2D eigenvalue weighted by molar-refractivity contribution is 7.15. The minimum absolute atomic E-state index is 0.584. The Morgan fingerprint density at radius 2 is 2.15 bits per heavy atom. The van der Waals surface area contributed by atoms with Gasteiger partial charge >= 0.3 is 0 Å². The van der Waals surface area contributed by atoms with E-state index in [1.54, 1.807) is 11.3 Å². The molecule has 3 aromatic rings. The van der Waals surface area contributed by atoms with Gasteiger partial charge < -0.3 is 10.3 Å². The van der Waals surface area contributed by atoms with Crippen LogP contribution in [0.15, 0.2) is 34.9 Å². The molecule has 20 heavy (non-hydrogen) atoms. The van der Waals surface area contributed by atoms with Gasteiger partial charge in [0.2, 0.25) is 5.82 Å². The summed E-state index contributed by atoms with van der Waals surface area (Å²) in [6.45, 7) is 0. The van der Waals surface area contributed by atoms with E-state index in [1.165, 1.54) is 29.7 Å². The molecular weight excluding hydrogens is 270 g/mol. The molecule has 2 N–H and O–H groups in total. The lowest BCUT2D eigenvalue weighted by Gasteiger charge is -1.95. The van der Waals surface area contributed by atoms with Gasteiger partial charge in [-0.25, -0.2) is 0 Å². The summed E-state index contributed by atoms with van der Waals surface area (Å²) in [4.78, 5) is 7.01. The van der Waals surface area contributed by atoms with Crippen LogP contribution in [-0.2, 0) is 12.8 Å². The Hall–Kier alpha value is -2.14. The van der Waals surface area contributed by atoms with Crippen LogP contribution in [0.1, 0.15) is 16.9 Å². The summed E-state index contributed by atoms with van der Waals surface area (Å²) in [5.41, 5.74) is 8.79. The molecular formula is C15H13N3OS. The summed E-state index contributed by atoms with van der Waals surface area (Å²) in [6, 6.07) is 9.70. The Morgan fingerprint density at radius 1 is 1.20 bits per heavy atom. The standard InChI is InChI=1S/C15H13N3OS/c16-11-5-1-4-10(7-11)14-17-15(19-18-14)13-8-9-3-2-6-12(9)20-13/h1,4-5,7-8H,2-3,6,16H2. The van der Waals surface area contributed by atoms with Crippen molar-refractivity contribution in [3.8, 4) is 22.2 Å². The number of hydrogen-bond acceptors (Lipinski definition) is 5. The average molecular weight is 283 g/mol. The molecule has 0 radical (unpaired) electrons. The molecule has 1 aromatic carbocycles. The van der Waals surface area contributed by atoms with Gasteiger partial charge in [0.1, 0.15) is 0 Å². The molecule has 2 aromatic heterocycles. The maximum atomic E-state index is 5.78. The van der Waals surface area contributed by atoms with E-state index >= 15 is 0 Å². The van der Waals surface area contributed by atoms with E-state index in [4.69, 9.17) is 10.3 Å². The van der Waals surface area contributed by atoms with Crippen LogP contribution in [0.2, 0.25) is 0 Å². The van der Waals surface area contributed by atoms with Crippen molar-refractivity contribution < 1.29 is 4.52 Å². The van der Waals surface area contributed by atoms with Gasteiger partial charge in [-0.15, -0.1) is 11.3 Å². The molecule has 0 spiro atoms. The van der Waals surface area contributed by atoms with Crippen molar-refractivity contribution in [2.75, 3.05) is 5.73 Å². The van der Waals surface area contributed by atoms with Crippen LogP contribution in [0.25, 0.3) is 22.2 Å². The van der Waals surface area contributed by atoms with E-state index < -0.39 is 0 Å². The first-order chi connectivity index (χ1) is 9.79. The fraction of sp³-hybridized carbons (Fsp3) is 0.200. The number of nitrogens with zero attached hydrogens (tertiary/aromatic N) is 2. The number of aromatic nitrogens is 2.